The van der Waals surface area contributed by atoms with Gasteiger partial charge in [-0.3, -0.25) is 9.69 Å². The predicted octanol–water partition coefficient (Wildman–Crippen LogP) is -0.0201. The normalized spacial score (nSPS) is 20.4. The van der Waals surface area contributed by atoms with Gasteiger partial charge in [0.15, 0.2) is 5.82 Å². The van der Waals surface area contributed by atoms with E-state index < -0.39 is 0 Å². The summed E-state index contributed by atoms with van der Waals surface area (Å²) < 4.78 is 1.83. The van der Waals surface area contributed by atoms with Crippen molar-refractivity contribution in [1.29, 1.82) is 0 Å². The molecule has 124 valence electrons. The van der Waals surface area contributed by atoms with Gasteiger partial charge in [-0.15, -0.1) is 5.10 Å². The Morgan fingerprint density at radius 2 is 2.00 bits per heavy atom. The van der Waals surface area contributed by atoms with Crippen LogP contribution in [0.3, 0.4) is 0 Å². The maximum absolute atomic E-state index is 12.3. The molecule has 0 saturated carbocycles. The molecule has 0 N–H and O–H groups in total. The third-order valence-corrected chi connectivity index (χ3v) is 3.90. The molecule has 22 heavy (non-hydrogen) atoms. The Morgan fingerprint density at radius 3 is 2.59 bits per heavy atom. The third kappa shape index (κ3) is 3.61. The van der Waals surface area contributed by atoms with Gasteiger partial charge in [0, 0.05) is 13.1 Å². The molecule has 0 aliphatic carbocycles. The molecule has 2 heterocycles. The van der Waals surface area contributed by atoms with E-state index in [9.17, 15) is 4.79 Å². The molecular weight excluding hydrogens is 282 g/mol. The molecule has 1 aromatic rings. The van der Waals surface area contributed by atoms with Crippen LogP contribution in [-0.2, 0) is 16.9 Å². The molecule has 0 bridgehead atoms. The van der Waals surface area contributed by atoms with Gasteiger partial charge in [-0.25, -0.2) is 4.68 Å². The van der Waals surface area contributed by atoms with Crippen LogP contribution in [0.2, 0.25) is 0 Å². The number of aromatic nitrogens is 4. The number of tetrazole rings is 1. The van der Waals surface area contributed by atoms with E-state index in [-0.39, 0.29) is 17.5 Å². The quantitative estimate of drug-likeness (QED) is 0.761. The minimum atomic E-state index is -0.170. The van der Waals surface area contributed by atoms with Crippen molar-refractivity contribution in [2.24, 2.45) is 0 Å². The van der Waals surface area contributed by atoms with Crippen LogP contribution in [0, 0.1) is 0 Å². The van der Waals surface area contributed by atoms with Gasteiger partial charge in [0.05, 0.1) is 24.8 Å². The lowest BCUT2D eigenvalue weighted by Crippen LogP contribution is -2.34. The molecule has 0 radical (unpaired) electrons. The summed E-state index contributed by atoms with van der Waals surface area (Å²) in [7, 11) is 4.03. The molecule has 1 aromatic heterocycles. The maximum Gasteiger partial charge on any atom is 0.240 e. The number of rotatable bonds is 5. The average Bonchev–Trinajstić information content (AvgIpc) is 2.97. The van der Waals surface area contributed by atoms with Gasteiger partial charge in [-0.1, -0.05) is 0 Å². The zero-order chi connectivity index (χ0) is 16.5. The Hall–Kier alpha value is -1.54. The highest BCUT2D eigenvalue weighted by Gasteiger charge is 2.36. The largest absolute Gasteiger partial charge is 0.327 e. The highest BCUT2D eigenvalue weighted by molar-refractivity contribution is 5.83. The number of hydrogen-bond donors (Lipinski definition) is 0. The maximum atomic E-state index is 12.3. The lowest BCUT2D eigenvalue weighted by molar-refractivity contribution is -0.129. The summed E-state index contributed by atoms with van der Waals surface area (Å²) in [5.74, 6) is 0.971. The number of carbonyl (C=O) groups excluding carboxylic acids is 1. The van der Waals surface area contributed by atoms with Crippen LogP contribution >= 0.6 is 0 Å². The van der Waals surface area contributed by atoms with Gasteiger partial charge in [0.25, 0.3) is 0 Å². The van der Waals surface area contributed by atoms with Crippen LogP contribution in [0.15, 0.2) is 0 Å². The minimum absolute atomic E-state index is 0.132. The highest BCUT2D eigenvalue weighted by Crippen LogP contribution is 2.19. The molecule has 2 rings (SSSR count). The molecule has 8 heteroatoms. The second-order valence-corrected chi connectivity index (χ2v) is 7.15. The molecule has 1 fully saturated rings. The molecule has 1 amide bonds. The van der Waals surface area contributed by atoms with Crippen molar-refractivity contribution in [3.05, 3.63) is 5.82 Å². The van der Waals surface area contributed by atoms with Crippen molar-refractivity contribution in [2.75, 3.05) is 33.9 Å². The topological polar surface area (TPSA) is 70.4 Å². The van der Waals surface area contributed by atoms with Crippen LogP contribution in [0.25, 0.3) is 0 Å². The van der Waals surface area contributed by atoms with E-state index in [2.05, 4.69) is 46.1 Å². The molecule has 8 nitrogen and oxygen atoms in total. The van der Waals surface area contributed by atoms with Crippen molar-refractivity contribution in [2.45, 2.75) is 45.8 Å². The fraction of sp³-hybridized carbons (Fsp3) is 0.857. The number of hydrogen-bond acceptors (Lipinski definition) is 6. The van der Waals surface area contributed by atoms with Crippen molar-refractivity contribution >= 4 is 5.91 Å². The Morgan fingerprint density at radius 1 is 1.32 bits per heavy atom. The highest BCUT2D eigenvalue weighted by atomic mass is 16.2. The third-order valence-electron chi connectivity index (χ3n) is 3.90. The number of carbonyl (C=O) groups is 1. The Balaban J connectivity index is 2.05. The van der Waals surface area contributed by atoms with Crippen LogP contribution in [0.4, 0.5) is 0 Å². The molecule has 1 aliphatic heterocycles. The second kappa shape index (κ2) is 6.29. The predicted molar refractivity (Wildman–Crippen MR) is 83.0 cm³/mol. The first-order valence-electron chi connectivity index (χ1n) is 7.65. The molecule has 1 atom stereocenters. The number of amides is 1. The van der Waals surface area contributed by atoms with E-state index >= 15 is 0 Å². The van der Waals surface area contributed by atoms with Crippen molar-refractivity contribution in [3.63, 3.8) is 0 Å². The van der Waals surface area contributed by atoms with Crippen LogP contribution in [0.1, 0.15) is 33.5 Å². The summed E-state index contributed by atoms with van der Waals surface area (Å²) >= 11 is 0. The Bertz CT molecular complexity index is 520. The smallest absolute Gasteiger partial charge is 0.240 e. The van der Waals surface area contributed by atoms with Crippen LogP contribution in [0.5, 0.6) is 0 Å². The Labute approximate surface area is 132 Å². The monoisotopic (exact) mass is 309 g/mol. The van der Waals surface area contributed by atoms with E-state index in [4.69, 9.17) is 0 Å². The fourth-order valence-corrected chi connectivity index (χ4v) is 2.53. The molecule has 0 aromatic carbocycles. The van der Waals surface area contributed by atoms with Gasteiger partial charge < -0.3 is 9.80 Å². The first-order valence-corrected chi connectivity index (χ1v) is 7.65. The number of nitrogens with zero attached hydrogens (tertiary/aromatic N) is 7. The van der Waals surface area contributed by atoms with Gasteiger partial charge in [-0.2, -0.15) is 0 Å². The standard InChI is InChI=1S/C14H27N7O/c1-11-13(22)19(8-7-18(5)6)10-20(11)9-12-15-16-17-21(12)14(2,3)4/h11H,7-10H2,1-6H3. The molecular formula is C14H27N7O. The first kappa shape index (κ1) is 16.8. The van der Waals surface area contributed by atoms with E-state index in [0.717, 1.165) is 18.9 Å². The molecule has 1 saturated heterocycles. The van der Waals surface area contributed by atoms with Crippen molar-refractivity contribution < 1.29 is 4.79 Å². The van der Waals surface area contributed by atoms with E-state index in [1.165, 1.54) is 0 Å². The van der Waals surface area contributed by atoms with E-state index in [1.54, 1.807) is 0 Å². The molecule has 0 spiro atoms. The first-order chi connectivity index (χ1) is 10.2. The zero-order valence-corrected chi connectivity index (χ0v) is 14.4. The zero-order valence-electron chi connectivity index (χ0n) is 14.4. The summed E-state index contributed by atoms with van der Waals surface area (Å²) in [4.78, 5) is 18.4. The van der Waals surface area contributed by atoms with E-state index in [0.29, 0.717) is 13.2 Å². The van der Waals surface area contributed by atoms with Gasteiger partial charge in [-0.05, 0) is 52.2 Å². The molecule has 1 aliphatic rings. The van der Waals surface area contributed by atoms with Crippen LogP contribution < -0.4 is 0 Å². The number of likely N-dealkylation sites (N-methyl/N-ethyl adjacent to an activating group) is 1. The summed E-state index contributed by atoms with van der Waals surface area (Å²) in [5, 5.41) is 12.0. The van der Waals surface area contributed by atoms with Crippen molar-refractivity contribution in [1.82, 2.24) is 34.9 Å². The lowest BCUT2D eigenvalue weighted by Gasteiger charge is -2.23. The minimum Gasteiger partial charge on any atom is -0.327 e. The average molecular weight is 309 g/mol. The van der Waals surface area contributed by atoms with Gasteiger partial charge in [0.2, 0.25) is 5.91 Å². The fourth-order valence-electron chi connectivity index (χ4n) is 2.53. The summed E-state index contributed by atoms with van der Waals surface area (Å²) in [6, 6.07) is -0.132. The lowest BCUT2D eigenvalue weighted by atomic mass is 10.1. The molecule has 1 unspecified atom stereocenters. The SMILES string of the molecule is CC1C(=O)N(CCN(C)C)CN1Cc1nnnn1C(C)(C)C. The summed E-state index contributed by atoms with van der Waals surface area (Å²) in [5.41, 5.74) is -0.170. The summed E-state index contributed by atoms with van der Waals surface area (Å²) in [6.45, 7) is 11.0. The van der Waals surface area contributed by atoms with Gasteiger partial charge >= 0.3 is 0 Å². The Kier molecular flexibility index (Phi) is 4.81. The van der Waals surface area contributed by atoms with E-state index in [1.807, 2.05) is 30.6 Å². The van der Waals surface area contributed by atoms with Crippen molar-refractivity contribution in [3.8, 4) is 0 Å². The van der Waals surface area contributed by atoms with Crippen LogP contribution in [-0.4, -0.2) is 80.7 Å². The summed E-state index contributed by atoms with van der Waals surface area (Å²) in [6.07, 6.45) is 0. The second-order valence-electron chi connectivity index (χ2n) is 7.15. The van der Waals surface area contributed by atoms with Gasteiger partial charge in [0.1, 0.15) is 0 Å².